The molecule has 222 valence electrons. The number of ether oxygens (including phenoxy) is 1. The molecule has 0 unspecified atom stereocenters. The van der Waals surface area contributed by atoms with Gasteiger partial charge in [-0.2, -0.15) is 0 Å². The molecule has 11 heteroatoms. The Kier molecular flexibility index (Phi) is 8.40. The molecule has 1 aliphatic heterocycles. The molecule has 0 spiro atoms. The van der Waals surface area contributed by atoms with Crippen molar-refractivity contribution >= 4 is 28.6 Å². The quantitative estimate of drug-likeness (QED) is 0.205. The van der Waals surface area contributed by atoms with Crippen LogP contribution in [-0.2, 0) is 26.2 Å². The number of carbonyl (C=O) groups is 1. The van der Waals surface area contributed by atoms with Crippen LogP contribution in [0.25, 0.3) is 11.0 Å². The summed E-state index contributed by atoms with van der Waals surface area (Å²) in [6.07, 6.45) is 7.16. The highest BCUT2D eigenvalue weighted by atomic mass is 35.5. The summed E-state index contributed by atoms with van der Waals surface area (Å²) in [5.41, 5.74) is 4.28. The standard InChI is InChI=1S/C32H32ClFN6O3/c1-2-39-20-35-16-25(39)17-40-29-14-22(32(41)42)6-8-28(29)37-30(40)18-38-12-9-21(10-13-38)26-4-3-11-36-31(26)43-19-23-5-7-24(33)15-27(23)34/h3-8,11,14-16,20-21H,2,9-10,12-13,17-19H2,1H3,(H,41,42). The summed E-state index contributed by atoms with van der Waals surface area (Å²) in [7, 11) is 0. The van der Waals surface area contributed by atoms with Crippen molar-refractivity contribution in [2.75, 3.05) is 13.1 Å². The number of aromatic carboxylic acids is 1. The Morgan fingerprint density at radius 1 is 1.14 bits per heavy atom. The van der Waals surface area contributed by atoms with Crippen molar-refractivity contribution in [1.82, 2.24) is 29.0 Å². The molecule has 1 saturated heterocycles. The maximum Gasteiger partial charge on any atom is 0.335 e. The fourth-order valence-corrected chi connectivity index (χ4v) is 5.91. The first-order valence-corrected chi connectivity index (χ1v) is 14.7. The molecule has 0 radical (unpaired) electrons. The van der Waals surface area contributed by atoms with Gasteiger partial charge in [-0.05, 0) is 75.2 Å². The lowest BCUT2D eigenvalue weighted by Gasteiger charge is -2.32. The molecule has 1 N–H and O–H groups in total. The van der Waals surface area contributed by atoms with Crippen LogP contribution in [0.5, 0.6) is 5.88 Å². The third-order valence-corrected chi connectivity index (χ3v) is 8.34. The summed E-state index contributed by atoms with van der Waals surface area (Å²) in [6, 6.07) is 13.6. The van der Waals surface area contributed by atoms with Crippen molar-refractivity contribution in [2.45, 2.75) is 51.9 Å². The summed E-state index contributed by atoms with van der Waals surface area (Å²) in [4.78, 5) is 27.8. The average molecular weight is 603 g/mol. The highest BCUT2D eigenvalue weighted by Crippen LogP contribution is 2.34. The van der Waals surface area contributed by atoms with E-state index in [9.17, 15) is 14.3 Å². The van der Waals surface area contributed by atoms with E-state index < -0.39 is 11.8 Å². The number of carboxylic acids is 1. The number of carboxylic acid groups (broad SMARTS) is 1. The Bertz CT molecular complexity index is 1760. The molecular formula is C32H32ClFN6O3. The summed E-state index contributed by atoms with van der Waals surface area (Å²) < 4.78 is 24.5. The zero-order valence-corrected chi connectivity index (χ0v) is 24.5. The second-order valence-corrected chi connectivity index (χ2v) is 11.2. The van der Waals surface area contributed by atoms with Crippen LogP contribution in [0.15, 0.2) is 67.3 Å². The molecule has 9 nitrogen and oxygen atoms in total. The van der Waals surface area contributed by atoms with Gasteiger partial charge in [-0.1, -0.05) is 23.7 Å². The topological polar surface area (TPSA) is 98.3 Å². The van der Waals surface area contributed by atoms with E-state index in [2.05, 4.69) is 30.9 Å². The number of hydrogen-bond acceptors (Lipinski definition) is 6. The smallest absolute Gasteiger partial charge is 0.335 e. The molecule has 3 aromatic heterocycles. The number of nitrogens with zero attached hydrogens (tertiary/aromatic N) is 6. The zero-order chi connectivity index (χ0) is 29.9. The van der Waals surface area contributed by atoms with Crippen LogP contribution in [-0.4, -0.2) is 53.2 Å². The number of aryl methyl sites for hydroxylation is 1. The minimum Gasteiger partial charge on any atom is -0.478 e. The molecule has 6 rings (SSSR count). The Morgan fingerprint density at radius 3 is 2.74 bits per heavy atom. The number of likely N-dealkylation sites (tertiary alicyclic amines) is 1. The molecule has 0 bridgehead atoms. The number of pyridine rings is 1. The lowest BCUT2D eigenvalue weighted by atomic mass is 9.90. The molecule has 4 heterocycles. The Labute approximate surface area is 253 Å². The van der Waals surface area contributed by atoms with Gasteiger partial charge in [0.2, 0.25) is 5.88 Å². The van der Waals surface area contributed by atoms with Gasteiger partial charge in [0.05, 0.1) is 41.7 Å². The summed E-state index contributed by atoms with van der Waals surface area (Å²) in [5, 5.41) is 9.95. The van der Waals surface area contributed by atoms with Crippen LogP contribution in [0.4, 0.5) is 4.39 Å². The van der Waals surface area contributed by atoms with E-state index in [1.165, 1.54) is 6.07 Å². The molecular weight excluding hydrogens is 571 g/mol. The largest absolute Gasteiger partial charge is 0.478 e. The van der Waals surface area contributed by atoms with E-state index in [1.807, 2.05) is 24.7 Å². The van der Waals surface area contributed by atoms with Crippen LogP contribution >= 0.6 is 11.6 Å². The first-order valence-electron chi connectivity index (χ1n) is 14.3. The fourth-order valence-electron chi connectivity index (χ4n) is 5.75. The number of imidazole rings is 2. The van der Waals surface area contributed by atoms with Crippen LogP contribution in [0.1, 0.15) is 58.7 Å². The van der Waals surface area contributed by atoms with Gasteiger partial charge in [0, 0.05) is 35.1 Å². The third kappa shape index (κ3) is 6.25. The van der Waals surface area contributed by atoms with E-state index in [4.69, 9.17) is 21.3 Å². The number of hydrogen-bond donors (Lipinski definition) is 1. The second-order valence-electron chi connectivity index (χ2n) is 10.8. The highest BCUT2D eigenvalue weighted by Gasteiger charge is 2.26. The van der Waals surface area contributed by atoms with Crippen LogP contribution in [0.2, 0.25) is 5.02 Å². The third-order valence-electron chi connectivity index (χ3n) is 8.11. The number of rotatable bonds is 10. The summed E-state index contributed by atoms with van der Waals surface area (Å²) in [5.74, 6) is 0.302. The molecule has 0 amide bonds. The molecule has 0 saturated carbocycles. The van der Waals surface area contributed by atoms with Crippen molar-refractivity contribution in [3.63, 3.8) is 0 Å². The molecule has 43 heavy (non-hydrogen) atoms. The normalized spacial score (nSPS) is 14.4. The van der Waals surface area contributed by atoms with E-state index in [0.717, 1.165) is 60.6 Å². The van der Waals surface area contributed by atoms with E-state index in [1.54, 1.807) is 36.5 Å². The van der Waals surface area contributed by atoms with Crippen molar-refractivity contribution < 1.29 is 19.0 Å². The van der Waals surface area contributed by atoms with Crippen molar-refractivity contribution in [3.8, 4) is 5.88 Å². The van der Waals surface area contributed by atoms with Crippen molar-refractivity contribution in [1.29, 1.82) is 0 Å². The summed E-state index contributed by atoms with van der Waals surface area (Å²) >= 11 is 5.89. The number of aromatic nitrogens is 5. The minimum atomic E-state index is -0.964. The summed E-state index contributed by atoms with van der Waals surface area (Å²) in [6.45, 7) is 5.81. The molecule has 2 aromatic carbocycles. The number of halogens is 2. The van der Waals surface area contributed by atoms with Crippen molar-refractivity contribution in [2.24, 2.45) is 0 Å². The predicted octanol–water partition coefficient (Wildman–Crippen LogP) is 6.15. The van der Waals surface area contributed by atoms with Crippen molar-refractivity contribution in [3.05, 3.63) is 106 Å². The van der Waals surface area contributed by atoms with E-state index >= 15 is 0 Å². The van der Waals surface area contributed by atoms with Gasteiger partial charge in [0.1, 0.15) is 18.2 Å². The lowest BCUT2D eigenvalue weighted by Crippen LogP contribution is -2.33. The predicted molar refractivity (Wildman–Crippen MR) is 161 cm³/mol. The second kappa shape index (κ2) is 12.5. The number of fused-ring (bicyclic) bond motifs is 1. The monoisotopic (exact) mass is 602 g/mol. The maximum absolute atomic E-state index is 14.3. The van der Waals surface area contributed by atoms with E-state index in [0.29, 0.717) is 29.6 Å². The lowest BCUT2D eigenvalue weighted by molar-refractivity contribution is 0.0697. The van der Waals surface area contributed by atoms with Gasteiger partial charge in [-0.3, -0.25) is 4.90 Å². The molecule has 0 aliphatic carbocycles. The Balaban J connectivity index is 1.18. The Hall–Kier alpha value is -4.28. The average Bonchev–Trinajstić information content (AvgIpc) is 3.61. The van der Waals surface area contributed by atoms with Gasteiger partial charge >= 0.3 is 5.97 Å². The molecule has 5 aromatic rings. The van der Waals surface area contributed by atoms with Gasteiger partial charge in [0.25, 0.3) is 0 Å². The highest BCUT2D eigenvalue weighted by molar-refractivity contribution is 6.30. The minimum absolute atomic E-state index is 0.0720. The van der Waals surface area contributed by atoms with Gasteiger partial charge in [0.15, 0.2) is 0 Å². The van der Waals surface area contributed by atoms with Crippen LogP contribution < -0.4 is 4.74 Å². The Morgan fingerprint density at radius 2 is 1.98 bits per heavy atom. The molecule has 0 atom stereocenters. The maximum atomic E-state index is 14.3. The first-order chi connectivity index (χ1) is 20.9. The van der Waals surface area contributed by atoms with Crippen LogP contribution in [0.3, 0.4) is 0 Å². The van der Waals surface area contributed by atoms with Gasteiger partial charge in [-0.25, -0.2) is 24.1 Å². The SMILES string of the molecule is CCn1cncc1Cn1c(CN2CCC(c3cccnc3OCc3ccc(Cl)cc3F)CC2)nc2ccc(C(=O)O)cc21. The number of benzene rings is 2. The van der Waals surface area contributed by atoms with Gasteiger partial charge in [-0.15, -0.1) is 0 Å². The first kappa shape index (κ1) is 28.8. The molecule has 1 fully saturated rings. The van der Waals surface area contributed by atoms with Gasteiger partial charge < -0.3 is 19.0 Å². The zero-order valence-electron chi connectivity index (χ0n) is 23.8. The van der Waals surface area contributed by atoms with Crippen LogP contribution in [0, 0.1) is 5.82 Å². The van der Waals surface area contributed by atoms with E-state index in [-0.39, 0.29) is 18.1 Å². The molecule has 1 aliphatic rings. The fraction of sp³-hybridized carbons (Fsp3) is 0.312. The number of piperidine rings is 1.